The lowest BCUT2D eigenvalue weighted by atomic mass is 9.82. The molecule has 1 atom stereocenters. The van der Waals surface area contributed by atoms with Gasteiger partial charge in [0.25, 0.3) is 0 Å². The molecule has 2 heteroatoms. The Bertz CT molecular complexity index is 346. The minimum atomic E-state index is 0.240. The molecule has 2 rings (SSSR count). The van der Waals surface area contributed by atoms with Gasteiger partial charge in [-0.1, -0.05) is 40.2 Å². The van der Waals surface area contributed by atoms with Crippen molar-refractivity contribution in [1.82, 2.24) is 0 Å². The van der Waals surface area contributed by atoms with Crippen molar-refractivity contribution in [3.8, 4) is 0 Å². The van der Waals surface area contributed by atoms with Gasteiger partial charge in [-0.2, -0.15) is 0 Å². The molecule has 0 saturated heterocycles. The van der Waals surface area contributed by atoms with Gasteiger partial charge in [-0.05, 0) is 30.4 Å². The van der Waals surface area contributed by atoms with E-state index in [1.807, 2.05) is 0 Å². The summed E-state index contributed by atoms with van der Waals surface area (Å²) in [5.41, 5.74) is 2.78. The Balaban J connectivity index is 2.17. The summed E-state index contributed by atoms with van der Waals surface area (Å²) >= 11 is 3.24. The summed E-state index contributed by atoms with van der Waals surface area (Å²) in [6, 6.07) is 8.44. The fraction of sp³-hybridized carbons (Fsp3) is 0.417. The third-order valence-electron chi connectivity index (χ3n) is 2.93. The summed E-state index contributed by atoms with van der Waals surface area (Å²) < 4.78 is 0. The van der Waals surface area contributed by atoms with E-state index in [0.29, 0.717) is 11.1 Å². The van der Waals surface area contributed by atoms with Crippen LogP contribution >= 0.6 is 15.9 Å². The van der Waals surface area contributed by atoms with Crippen LogP contribution in [0.2, 0.25) is 0 Å². The molecule has 0 aliphatic heterocycles. The Morgan fingerprint density at radius 3 is 2.79 bits per heavy atom. The molecule has 0 fully saturated rings. The normalized spacial score (nSPS) is 20.2. The quantitative estimate of drug-likeness (QED) is 0.740. The van der Waals surface area contributed by atoms with E-state index in [9.17, 15) is 4.79 Å². The first-order chi connectivity index (χ1) is 6.81. The van der Waals surface area contributed by atoms with Gasteiger partial charge in [0.05, 0.1) is 5.33 Å². The van der Waals surface area contributed by atoms with Gasteiger partial charge in [0.15, 0.2) is 0 Å². The highest BCUT2D eigenvalue weighted by atomic mass is 79.9. The maximum atomic E-state index is 11.5. The van der Waals surface area contributed by atoms with E-state index < -0.39 is 0 Å². The van der Waals surface area contributed by atoms with Gasteiger partial charge in [-0.3, -0.25) is 4.79 Å². The van der Waals surface area contributed by atoms with E-state index in [-0.39, 0.29) is 5.92 Å². The molecule has 0 radical (unpaired) electrons. The molecular formula is C12H13BrO. The highest BCUT2D eigenvalue weighted by Gasteiger charge is 2.22. The fourth-order valence-corrected chi connectivity index (χ4v) is 2.54. The third-order valence-corrected chi connectivity index (χ3v) is 3.49. The summed E-state index contributed by atoms with van der Waals surface area (Å²) in [6.45, 7) is 0. The van der Waals surface area contributed by atoms with Crippen LogP contribution in [0, 0.1) is 5.92 Å². The summed E-state index contributed by atoms with van der Waals surface area (Å²) in [4.78, 5) is 11.5. The Hall–Kier alpha value is -0.630. The first-order valence-electron chi connectivity index (χ1n) is 4.96. The number of hydrogen-bond donors (Lipinski definition) is 0. The Morgan fingerprint density at radius 1 is 1.36 bits per heavy atom. The van der Waals surface area contributed by atoms with E-state index in [0.717, 1.165) is 19.3 Å². The first kappa shape index (κ1) is 9.91. The zero-order valence-electron chi connectivity index (χ0n) is 8.00. The minimum Gasteiger partial charge on any atom is -0.298 e. The molecule has 1 aliphatic rings. The van der Waals surface area contributed by atoms with Crippen molar-refractivity contribution < 1.29 is 4.79 Å². The van der Waals surface area contributed by atoms with Crippen LogP contribution in [0.5, 0.6) is 0 Å². The van der Waals surface area contributed by atoms with Crippen molar-refractivity contribution in [2.75, 3.05) is 5.33 Å². The number of fused-ring (bicyclic) bond motifs is 1. The lowest BCUT2D eigenvalue weighted by Gasteiger charge is -2.22. The lowest BCUT2D eigenvalue weighted by molar-refractivity contribution is -0.120. The van der Waals surface area contributed by atoms with Crippen molar-refractivity contribution in [2.45, 2.75) is 19.3 Å². The second kappa shape index (κ2) is 4.26. The van der Waals surface area contributed by atoms with Crippen LogP contribution in [0.15, 0.2) is 24.3 Å². The van der Waals surface area contributed by atoms with Gasteiger partial charge in [-0.25, -0.2) is 0 Å². The Morgan fingerprint density at radius 2 is 2.07 bits per heavy atom. The van der Waals surface area contributed by atoms with Gasteiger partial charge in [0.1, 0.15) is 5.78 Å². The third kappa shape index (κ3) is 1.90. The number of Topliss-reactive ketones (excluding diaryl/α,β-unsaturated/α-hetero) is 1. The second-order valence-electron chi connectivity index (χ2n) is 3.81. The molecule has 0 aromatic heterocycles. The highest BCUT2D eigenvalue weighted by Crippen LogP contribution is 2.26. The monoisotopic (exact) mass is 252 g/mol. The summed E-state index contributed by atoms with van der Waals surface area (Å²) in [6.07, 6.45) is 3.00. The zero-order chi connectivity index (χ0) is 9.97. The van der Waals surface area contributed by atoms with E-state index in [2.05, 4.69) is 40.2 Å². The molecule has 74 valence electrons. The number of rotatable bonds is 2. The van der Waals surface area contributed by atoms with Crippen molar-refractivity contribution in [2.24, 2.45) is 5.92 Å². The SMILES string of the molecule is O=C(CBr)C1CCc2ccccc2C1. The molecule has 0 spiro atoms. The number of carbonyl (C=O) groups excluding carboxylic acids is 1. The maximum Gasteiger partial charge on any atom is 0.146 e. The largest absolute Gasteiger partial charge is 0.298 e. The van der Waals surface area contributed by atoms with E-state index >= 15 is 0 Å². The molecule has 0 amide bonds. The van der Waals surface area contributed by atoms with Gasteiger partial charge in [0.2, 0.25) is 0 Å². The number of halogens is 1. The van der Waals surface area contributed by atoms with E-state index in [1.165, 1.54) is 11.1 Å². The summed E-state index contributed by atoms with van der Waals surface area (Å²) in [5.74, 6) is 0.587. The average Bonchev–Trinajstić information content (AvgIpc) is 2.27. The lowest BCUT2D eigenvalue weighted by Crippen LogP contribution is -2.23. The van der Waals surface area contributed by atoms with Crippen LogP contribution in [0.4, 0.5) is 0 Å². The Kier molecular flexibility index (Phi) is 3.02. The van der Waals surface area contributed by atoms with Gasteiger partial charge in [0, 0.05) is 5.92 Å². The maximum absolute atomic E-state index is 11.5. The standard InChI is InChI=1S/C12H13BrO/c13-8-12(14)11-6-5-9-3-1-2-4-10(9)7-11/h1-4,11H,5-8H2. The van der Waals surface area contributed by atoms with Crippen LogP contribution in [0.3, 0.4) is 0 Å². The topological polar surface area (TPSA) is 17.1 Å². The molecule has 1 aromatic rings. The van der Waals surface area contributed by atoms with Crippen molar-refractivity contribution >= 4 is 21.7 Å². The number of hydrogen-bond acceptors (Lipinski definition) is 1. The van der Waals surface area contributed by atoms with Gasteiger partial charge >= 0.3 is 0 Å². The van der Waals surface area contributed by atoms with Gasteiger partial charge < -0.3 is 0 Å². The van der Waals surface area contributed by atoms with Crippen LogP contribution in [0.25, 0.3) is 0 Å². The van der Waals surface area contributed by atoms with E-state index in [1.54, 1.807) is 0 Å². The summed E-state index contributed by atoms with van der Waals surface area (Å²) in [5, 5.41) is 0.500. The molecule has 14 heavy (non-hydrogen) atoms. The van der Waals surface area contributed by atoms with Crippen LogP contribution in [-0.2, 0) is 17.6 Å². The molecular weight excluding hydrogens is 240 g/mol. The number of ketones is 1. The second-order valence-corrected chi connectivity index (χ2v) is 4.37. The van der Waals surface area contributed by atoms with E-state index in [4.69, 9.17) is 0 Å². The number of benzene rings is 1. The highest BCUT2D eigenvalue weighted by molar-refractivity contribution is 9.09. The van der Waals surface area contributed by atoms with Crippen molar-refractivity contribution in [3.63, 3.8) is 0 Å². The molecule has 1 aromatic carbocycles. The van der Waals surface area contributed by atoms with Crippen molar-refractivity contribution in [3.05, 3.63) is 35.4 Å². The molecule has 0 bridgehead atoms. The van der Waals surface area contributed by atoms with Crippen LogP contribution < -0.4 is 0 Å². The molecule has 1 nitrogen and oxygen atoms in total. The number of carbonyl (C=O) groups is 1. The number of alkyl halides is 1. The van der Waals surface area contributed by atoms with Crippen LogP contribution in [-0.4, -0.2) is 11.1 Å². The molecule has 1 unspecified atom stereocenters. The number of aryl methyl sites for hydroxylation is 1. The minimum absolute atomic E-state index is 0.240. The van der Waals surface area contributed by atoms with Crippen molar-refractivity contribution in [1.29, 1.82) is 0 Å². The summed E-state index contributed by atoms with van der Waals surface area (Å²) in [7, 11) is 0. The predicted molar refractivity (Wildman–Crippen MR) is 60.8 cm³/mol. The Labute approximate surface area is 92.6 Å². The predicted octanol–water partition coefficient (Wildman–Crippen LogP) is 2.76. The zero-order valence-corrected chi connectivity index (χ0v) is 9.59. The average molecular weight is 253 g/mol. The van der Waals surface area contributed by atoms with Gasteiger partial charge in [-0.15, -0.1) is 0 Å². The molecule has 0 heterocycles. The fourth-order valence-electron chi connectivity index (χ4n) is 2.08. The van der Waals surface area contributed by atoms with Crippen LogP contribution in [0.1, 0.15) is 17.5 Å². The first-order valence-corrected chi connectivity index (χ1v) is 6.09. The molecule has 0 saturated carbocycles. The smallest absolute Gasteiger partial charge is 0.146 e. The molecule has 1 aliphatic carbocycles. The molecule has 0 N–H and O–H groups in total.